The first kappa shape index (κ1) is 17.7. The summed E-state index contributed by atoms with van der Waals surface area (Å²) in [4.78, 5) is 0. The molecule has 0 aliphatic carbocycles. The van der Waals surface area contributed by atoms with Crippen LogP contribution in [0.4, 0.5) is 13.2 Å². The second kappa shape index (κ2) is 10.6. The lowest BCUT2D eigenvalue weighted by molar-refractivity contribution is -0.174. The van der Waals surface area contributed by atoms with Crippen LogP contribution in [-0.4, -0.2) is 25.4 Å². The lowest BCUT2D eigenvalue weighted by Crippen LogP contribution is -2.36. The average molecular weight is 270 g/mol. The van der Waals surface area contributed by atoms with Gasteiger partial charge in [0.25, 0.3) is 0 Å². The zero-order valence-corrected chi connectivity index (χ0v) is 11.1. The fourth-order valence-corrected chi connectivity index (χ4v) is 1.72. The topological polar surface area (TPSA) is 47.3 Å². The van der Waals surface area contributed by atoms with Crippen LogP contribution in [0.15, 0.2) is 0 Å². The number of halogens is 3. The minimum absolute atomic E-state index is 0.0415. The highest BCUT2D eigenvalue weighted by Gasteiger charge is 2.27. The smallest absolute Gasteiger partial charge is 0.372 e. The van der Waals surface area contributed by atoms with Crippen LogP contribution in [0.1, 0.15) is 51.9 Å². The summed E-state index contributed by atoms with van der Waals surface area (Å²) >= 11 is 0. The van der Waals surface area contributed by atoms with Crippen molar-refractivity contribution in [3.63, 3.8) is 0 Å². The molecule has 0 aliphatic heterocycles. The molecule has 0 heterocycles. The van der Waals surface area contributed by atoms with Crippen LogP contribution < -0.4 is 11.3 Å². The summed E-state index contributed by atoms with van der Waals surface area (Å²) in [7, 11) is 0. The average Bonchev–Trinajstić information content (AvgIpc) is 2.30. The van der Waals surface area contributed by atoms with Crippen molar-refractivity contribution in [1.29, 1.82) is 0 Å². The van der Waals surface area contributed by atoms with E-state index in [1.165, 1.54) is 19.3 Å². The van der Waals surface area contributed by atoms with Gasteiger partial charge in [-0.3, -0.25) is 11.3 Å². The highest BCUT2D eigenvalue weighted by atomic mass is 19.4. The van der Waals surface area contributed by atoms with E-state index in [4.69, 9.17) is 5.84 Å². The van der Waals surface area contributed by atoms with Crippen LogP contribution in [0.2, 0.25) is 0 Å². The molecule has 0 spiro atoms. The summed E-state index contributed by atoms with van der Waals surface area (Å²) in [6.45, 7) is 1.06. The molecular formula is C12H25F3N2O. The molecule has 0 saturated heterocycles. The lowest BCUT2D eigenvalue weighted by Gasteiger charge is -2.16. The third-order valence-electron chi connectivity index (χ3n) is 2.77. The third-order valence-corrected chi connectivity index (χ3v) is 2.77. The SMILES string of the molecule is CCCCCCCC(CCOCC(F)(F)F)NN. The standard InChI is InChI=1S/C12H25F3N2O/c1-2-3-4-5-6-7-11(17-16)8-9-18-10-12(13,14)15/h11,17H,2-10,16H2,1H3. The minimum Gasteiger partial charge on any atom is -0.372 e. The van der Waals surface area contributed by atoms with Crippen LogP contribution in [0, 0.1) is 0 Å². The number of hydrazine groups is 1. The fourth-order valence-electron chi connectivity index (χ4n) is 1.72. The Morgan fingerprint density at radius 1 is 1.11 bits per heavy atom. The Morgan fingerprint density at radius 3 is 2.33 bits per heavy atom. The molecule has 0 aromatic rings. The largest absolute Gasteiger partial charge is 0.411 e. The normalized spacial score (nSPS) is 13.8. The third kappa shape index (κ3) is 12.1. The first-order valence-electron chi connectivity index (χ1n) is 6.60. The van der Waals surface area contributed by atoms with Crippen molar-refractivity contribution >= 4 is 0 Å². The van der Waals surface area contributed by atoms with Gasteiger partial charge in [0, 0.05) is 12.6 Å². The van der Waals surface area contributed by atoms with E-state index in [0.29, 0.717) is 6.42 Å². The molecule has 1 unspecified atom stereocenters. The summed E-state index contributed by atoms with van der Waals surface area (Å²) < 4.78 is 40.0. The number of ether oxygens (including phenoxy) is 1. The molecule has 0 saturated carbocycles. The van der Waals surface area contributed by atoms with Crippen LogP contribution in [0.5, 0.6) is 0 Å². The predicted molar refractivity (Wildman–Crippen MR) is 66.0 cm³/mol. The highest BCUT2D eigenvalue weighted by molar-refractivity contribution is 4.63. The molecule has 0 bridgehead atoms. The van der Waals surface area contributed by atoms with E-state index in [0.717, 1.165) is 19.3 Å². The quantitative estimate of drug-likeness (QED) is 0.344. The first-order chi connectivity index (χ1) is 8.49. The molecule has 110 valence electrons. The molecule has 0 rings (SSSR count). The van der Waals surface area contributed by atoms with Crippen LogP contribution in [-0.2, 0) is 4.74 Å². The van der Waals surface area contributed by atoms with Gasteiger partial charge in [-0.25, -0.2) is 0 Å². The number of nitrogens with one attached hydrogen (secondary N) is 1. The van der Waals surface area contributed by atoms with E-state index >= 15 is 0 Å². The number of unbranched alkanes of at least 4 members (excludes halogenated alkanes) is 4. The maximum absolute atomic E-state index is 11.8. The predicted octanol–water partition coefficient (Wildman–Crippen LogP) is 3.15. The minimum atomic E-state index is -4.24. The van der Waals surface area contributed by atoms with Gasteiger partial charge in [-0.2, -0.15) is 13.2 Å². The van der Waals surface area contributed by atoms with E-state index in [1.807, 2.05) is 0 Å². The van der Waals surface area contributed by atoms with Gasteiger partial charge in [-0.1, -0.05) is 39.0 Å². The van der Waals surface area contributed by atoms with Crippen molar-refractivity contribution in [3.8, 4) is 0 Å². The van der Waals surface area contributed by atoms with Gasteiger partial charge in [0.05, 0.1) is 0 Å². The number of nitrogens with two attached hydrogens (primary N) is 1. The lowest BCUT2D eigenvalue weighted by atomic mass is 10.0. The molecule has 0 amide bonds. The molecule has 0 aromatic heterocycles. The Kier molecular flexibility index (Phi) is 10.4. The Balaban J connectivity index is 3.46. The summed E-state index contributed by atoms with van der Waals surface area (Å²) in [5, 5.41) is 0. The molecular weight excluding hydrogens is 245 g/mol. The van der Waals surface area contributed by atoms with E-state index in [9.17, 15) is 13.2 Å². The highest BCUT2D eigenvalue weighted by Crippen LogP contribution is 2.15. The van der Waals surface area contributed by atoms with Crippen LogP contribution in [0.25, 0.3) is 0 Å². The Hall–Kier alpha value is -0.330. The zero-order chi connectivity index (χ0) is 13.9. The van der Waals surface area contributed by atoms with Crippen molar-refractivity contribution in [2.24, 2.45) is 5.84 Å². The Bertz CT molecular complexity index is 189. The molecule has 0 aromatic carbocycles. The molecule has 0 fully saturated rings. The number of hydrogen-bond acceptors (Lipinski definition) is 3. The Morgan fingerprint density at radius 2 is 1.78 bits per heavy atom. The van der Waals surface area contributed by atoms with Gasteiger partial charge in [0.2, 0.25) is 0 Å². The van der Waals surface area contributed by atoms with E-state index in [2.05, 4.69) is 17.1 Å². The van der Waals surface area contributed by atoms with Crippen LogP contribution >= 0.6 is 0 Å². The van der Waals surface area contributed by atoms with Gasteiger partial charge < -0.3 is 4.74 Å². The summed E-state index contributed by atoms with van der Waals surface area (Å²) in [5.74, 6) is 5.35. The fraction of sp³-hybridized carbons (Fsp3) is 1.00. The van der Waals surface area contributed by atoms with Gasteiger partial charge >= 0.3 is 6.18 Å². The van der Waals surface area contributed by atoms with E-state index in [-0.39, 0.29) is 12.6 Å². The molecule has 3 N–H and O–H groups in total. The summed E-state index contributed by atoms with van der Waals surface area (Å²) in [6.07, 6.45) is 2.99. The number of alkyl halides is 3. The second-order valence-corrected chi connectivity index (χ2v) is 4.52. The van der Waals surface area contributed by atoms with Crippen molar-refractivity contribution in [1.82, 2.24) is 5.43 Å². The number of hydrogen-bond donors (Lipinski definition) is 2. The maximum Gasteiger partial charge on any atom is 0.411 e. The van der Waals surface area contributed by atoms with E-state index < -0.39 is 12.8 Å². The van der Waals surface area contributed by atoms with E-state index in [1.54, 1.807) is 0 Å². The zero-order valence-electron chi connectivity index (χ0n) is 11.1. The maximum atomic E-state index is 11.8. The van der Waals surface area contributed by atoms with Gasteiger partial charge in [-0.05, 0) is 12.8 Å². The van der Waals surface area contributed by atoms with Crippen molar-refractivity contribution in [2.75, 3.05) is 13.2 Å². The first-order valence-corrected chi connectivity index (χ1v) is 6.60. The summed E-state index contributed by atoms with van der Waals surface area (Å²) in [6, 6.07) is 0.0415. The molecule has 0 radical (unpaired) electrons. The number of rotatable bonds is 11. The van der Waals surface area contributed by atoms with Crippen LogP contribution in [0.3, 0.4) is 0 Å². The van der Waals surface area contributed by atoms with Gasteiger partial charge in [0.15, 0.2) is 0 Å². The molecule has 0 aliphatic rings. The van der Waals surface area contributed by atoms with Crippen molar-refractivity contribution < 1.29 is 17.9 Å². The van der Waals surface area contributed by atoms with Crippen molar-refractivity contribution in [3.05, 3.63) is 0 Å². The molecule has 1 atom stereocenters. The van der Waals surface area contributed by atoms with Gasteiger partial charge in [-0.15, -0.1) is 0 Å². The van der Waals surface area contributed by atoms with Crippen molar-refractivity contribution in [2.45, 2.75) is 64.1 Å². The Labute approximate surface area is 107 Å². The summed E-state index contributed by atoms with van der Waals surface area (Å²) in [5.41, 5.74) is 2.63. The molecule has 18 heavy (non-hydrogen) atoms. The second-order valence-electron chi connectivity index (χ2n) is 4.52. The molecule has 6 heteroatoms. The monoisotopic (exact) mass is 270 g/mol. The van der Waals surface area contributed by atoms with Gasteiger partial charge in [0.1, 0.15) is 6.61 Å². The molecule has 3 nitrogen and oxygen atoms in total.